The first kappa shape index (κ1) is 52.5. The number of allylic oxidation sites excluding steroid dienone is 3. The summed E-state index contributed by atoms with van der Waals surface area (Å²) in [5, 5.41) is 0. The first-order chi connectivity index (χ1) is 26.0. The molecule has 0 aliphatic carbocycles. The largest absolute Gasteiger partial charge is 0.472 e. The van der Waals surface area contributed by atoms with Crippen LogP contribution < -0.4 is 0 Å². The van der Waals surface area contributed by atoms with E-state index >= 15 is 0 Å². The van der Waals surface area contributed by atoms with Gasteiger partial charge in [-0.3, -0.25) is 13.8 Å². The van der Waals surface area contributed by atoms with Crippen LogP contribution in [0.5, 0.6) is 0 Å². The van der Waals surface area contributed by atoms with Crippen molar-refractivity contribution in [2.45, 2.75) is 200 Å². The average molecular weight is 787 g/mol. The number of phosphoric ester groups is 1. The standard InChI is InChI=1S/C44H84NO8P/c1-6-8-10-12-14-16-18-20-22-24-26-28-30-32-34-36-43(46)50-40-42(41-52-54(48,49)51-39-38-45(3,4)5)53-44(47)37-35-33-31-29-27-25-23-21-19-17-15-13-11-9-7-2/h30,32,34,36,42H,6-29,31,33,35,37-41H2,1-5H3/p+1/t42-/m1/s1. The Hall–Kier alpha value is -1.51. The minimum atomic E-state index is -4.39. The highest BCUT2D eigenvalue weighted by molar-refractivity contribution is 7.47. The minimum Gasteiger partial charge on any atom is -0.458 e. The van der Waals surface area contributed by atoms with Gasteiger partial charge < -0.3 is 18.9 Å². The molecule has 0 saturated heterocycles. The normalized spacial score (nSPS) is 13.8. The van der Waals surface area contributed by atoms with Crippen LogP contribution >= 0.6 is 7.82 Å². The van der Waals surface area contributed by atoms with Crippen molar-refractivity contribution in [2.24, 2.45) is 0 Å². The van der Waals surface area contributed by atoms with E-state index in [1.54, 1.807) is 6.08 Å². The van der Waals surface area contributed by atoms with Gasteiger partial charge in [0.2, 0.25) is 0 Å². The molecule has 0 aliphatic rings. The summed E-state index contributed by atoms with van der Waals surface area (Å²) >= 11 is 0. The predicted molar refractivity (Wildman–Crippen MR) is 224 cm³/mol. The number of carbonyl (C=O) groups is 2. The lowest BCUT2D eigenvalue weighted by molar-refractivity contribution is -0.870. The molecule has 1 unspecified atom stereocenters. The SMILES string of the molecule is CCCCCCCCCCCCCC=CC=CC(=O)OC[C@H](COP(=O)(O)OCC[N+](C)(C)C)OC(=O)CCCCCCCCCCCCCCCCC. The molecule has 54 heavy (non-hydrogen) atoms. The van der Waals surface area contributed by atoms with E-state index in [-0.39, 0.29) is 19.6 Å². The summed E-state index contributed by atoms with van der Waals surface area (Å²) in [5.74, 6) is -1.04. The highest BCUT2D eigenvalue weighted by atomic mass is 31.2. The van der Waals surface area contributed by atoms with Gasteiger partial charge >= 0.3 is 19.8 Å². The molecule has 2 atom stereocenters. The Morgan fingerprint density at radius 1 is 0.611 bits per heavy atom. The summed E-state index contributed by atoms with van der Waals surface area (Å²) in [7, 11) is 1.44. The van der Waals surface area contributed by atoms with Gasteiger partial charge in [-0.2, -0.15) is 0 Å². The van der Waals surface area contributed by atoms with Crippen molar-refractivity contribution in [1.82, 2.24) is 0 Å². The lowest BCUT2D eigenvalue weighted by atomic mass is 10.0. The summed E-state index contributed by atoms with van der Waals surface area (Å²) in [6.07, 6.45) is 40.0. The quantitative estimate of drug-likeness (QED) is 0.0163. The number of rotatable bonds is 40. The lowest BCUT2D eigenvalue weighted by Crippen LogP contribution is -2.37. The second-order valence-electron chi connectivity index (χ2n) is 16.2. The number of likely N-dealkylation sites (N-methyl/N-ethyl adjacent to an activating group) is 1. The number of esters is 2. The topological polar surface area (TPSA) is 108 Å². The Morgan fingerprint density at radius 2 is 1.06 bits per heavy atom. The second kappa shape index (κ2) is 37.1. The van der Waals surface area contributed by atoms with E-state index in [1.807, 2.05) is 33.3 Å². The Kier molecular flexibility index (Phi) is 36.1. The smallest absolute Gasteiger partial charge is 0.458 e. The number of carbonyl (C=O) groups excluding carboxylic acids is 2. The van der Waals surface area contributed by atoms with Crippen LogP contribution in [-0.2, 0) is 32.7 Å². The number of hydrogen-bond donors (Lipinski definition) is 1. The summed E-state index contributed by atoms with van der Waals surface area (Å²) < 4.78 is 34.1. The molecule has 318 valence electrons. The first-order valence-corrected chi connectivity index (χ1v) is 23.6. The number of nitrogens with zero attached hydrogens (tertiary/aromatic N) is 1. The molecule has 0 rings (SSSR count). The maximum Gasteiger partial charge on any atom is 0.472 e. The van der Waals surface area contributed by atoms with E-state index in [0.717, 1.165) is 25.7 Å². The highest BCUT2D eigenvalue weighted by Crippen LogP contribution is 2.43. The molecule has 0 aromatic heterocycles. The van der Waals surface area contributed by atoms with Gasteiger partial charge in [-0.05, 0) is 19.3 Å². The summed E-state index contributed by atoms with van der Waals surface area (Å²) in [5.41, 5.74) is 0. The third-order valence-corrected chi connectivity index (χ3v) is 10.6. The van der Waals surface area contributed by atoms with Crippen LogP contribution in [0.25, 0.3) is 0 Å². The van der Waals surface area contributed by atoms with Gasteiger partial charge in [0.1, 0.15) is 19.8 Å². The minimum absolute atomic E-state index is 0.0213. The van der Waals surface area contributed by atoms with Crippen LogP contribution in [0.4, 0.5) is 0 Å². The van der Waals surface area contributed by atoms with E-state index in [1.165, 1.54) is 147 Å². The molecule has 0 spiro atoms. The second-order valence-corrected chi connectivity index (χ2v) is 17.6. The molecule has 0 heterocycles. The molecule has 9 nitrogen and oxygen atoms in total. The third-order valence-electron chi connectivity index (χ3n) is 9.59. The molecule has 0 aliphatic heterocycles. The molecular weight excluding hydrogens is 701 g/mol. The van der Waals surface area contributed by atoms with Crippen molar-refractivity contribution in [3.63, 3.8) is 0 Å². The van der Waals surface area contributed by atoms with Crippen LogP contribution in [0.15, 0.2) is 24.3 Å². The Bertz CT molecular complexity index is 980. The van der Waals surface area contributed by atoms with Gasteiger partial charge in [-0.15, -0.1) is 0 Å². The summed E-state index contributed by atoms with van der Waals surface area (Å²) in [6.45, 7) is 4.31. The lowest BCUT2D eigenvalue weighted by Gasteiger charge is -2.24. The number of ether oxygens (including phenoxy) is 2. The van der Waals surface area contributed by atoms with Crippen molar-refractivity contribution < 1.29 is 42.1 Å². The molecule has 0 saturated carbocycles. The predicted octanol–water partition coefficient (Wildman–Crippen LogP) is 12.4. The Labute approximate surface area is 332 Å². The number of phosphoric acid groups is 1. The van der Waals surface area contributed by atoms with Crippen molar-refractivity contribution in [3.8, 4) is 0 Å². The van der Waals surface area contributed by atoms with E-state index in [0.29, 0.717) is 17.4 Å². The van der Waals surface area contributed by atoms with Crippen molar-refractivity contribution >= 4 is 19.8 Å². The van der Waals surface area contributed by atoms with Gasteiger partial charge in [0.25, 0.3) is 0 Å². The Morgan fingerprint density at radius 3 is 1.52 bits per heavy atom. The molecule has 0 radical (unpaired) electrons. The maximum absolute atomic E-state index is 12.7. The monoisotopic (exact) mass is 787 g/mol. The Balaban J connectivity index is 4.44. The molecule has 0 amide bonds. The van der Waals surface area contributed by atoms with Crippen LogP contribution in [0, 0.1) is 0 Å². The number of hydrogen-bond acceptors (Lipinski definition) is 7. The molecule has 10 heteroatoms. The third kappa shape index (κ3) is 40.2. The zero-order valence-electron chi connectivity index (χ0n) is 35.7. The van der Waals surface area contributed by atoms with Crippen LogP contribution in [0.2, 0.25) is 0 Å². The van der Waals surface area contributed by atoms with Gasteiger partial charge in [0.05, 0.1) is 27.7 Å². The molecule has 1 N–H and O–H groups in total. The highest BCUT2D eigenvalue weighted by Gasteiger charge is 2.26. The van der Waals surface area contributed by atoms with Gasteiger partial charge in [-0.1, -0.05) is 186 Å². The zero-order valence-corrected chi connectivity index (χ0v) is 36.6. The van der Waals surface area contributed by atoms with Gasteiger partial charge in [0.15, 0.2) is 6.10 Å². The number of quaternary nitrogens is 1. The van der Waals surface area contributed by atoms with E-state index in [2.05, 4.69) is 13.8 Å². The molecule has 0 bridgehead atoms. The molecule has 0 fully saturated rings. The fraction of sp³-hybridized carbons (Fsp3) is 0.864. The van der Waals surface area contributed by atoms with E-state index in [9.17, 15) is 19.0 Å². The van der Waals surface area contributed by atoms with E-state index in [4.69, 9.17) is 18.5 Å². The number of unbranched alkanes of at least 4 members (excludes halogenated alkanes) is 25. The fourth-order valence-corrected chi connectivity index (χ4v) is 6.85. The van der Waals surface area contributed by atoms with Crippen LogP contribution in [-0.4, -0.2) is 74.9 Å². The summed E-state index contributed by atoms with van der Waals surface area (Å²) in [4.78, 5) is 35.2. The molecule has 0 aromatic rings. The van der Waals surface area contributed by atoms with Crippen molar-refractivity contribution in [2.75, 3.05) is 47.5 Å². The zero-order chi connectivity index (χ0) is 40.0. The van der Waals surface area contributed by atoms with Crippen LogP contribution in [0.3, 0.4) is 0 Å². The maximum atomic E-state index is 12.7. The summed E-state index contributed by atoms with van der Waals surface area (Å²) in [6, 6.07) is 0. The van der Waals surface area contributed by atoms with Crippen molar-refractivity contribution in [1.29, 1.82) is 0 Å². The average Bonchev–Trinajstić information content (AvgIpc) is 3.12. The molecular formula is C44H85NO8P+. The van der Waals surface area contributed by atoms with Gasteiger partial charge in [0, 0.05) is 12.5 Å². The first-order valence-electron chi connectivity index (χ1n) is 22.1. The van der Waals surface area contributed by atoms with Crippen LogP contribution in [0.1, 0.15) is 194 Å². The van der Waals surface area contributed by atoms with Gasteiger partial charge in [-0.25, -0.2) is 9.36 Å². The fourth-order valence-electron chi connectivity index (χ4n) is 6.10. The van der Waals surface area contributed by atoms with E-state index < -0.39 is 32.5 Å². The molecule has 0 aromatic carbocycles. The van der Waals surface area contributed by atoms with Crippen molar-refractivity contribution in [3.05, 3.63) is 24.3 Å².